The number of nitrogens with one attached hydrogen (secondary N) is 1. The fraction of sp³-hybridized carbons (Fsp3) is 0.350. The lowest BCUT2D eigenvalue weighted by Gasteiger charge is -2.10. The molecule has 1 N–H and O–H groups in total. The monoisotopic (exact) mass is 468 g/mol. The molecule has 0 unspecified atom stereocenters. The van der Waals surface area contributed by atoms with Gasteiger partial charge in [0.05, 0.1) is 22.3 Å². The molecule has 0 atom stereocenters. The van der Waals surface area contributed by atoms with Crippen molar-refractivity contribution in [3.05, 3.63) is 57.5 Å². The minimum Gasteiger partial charge on any atom is -0.308 e. The van der Waals surface area contributed by atoms with Crippen LogP contribution in [0.3, 0.4) is 0 Å². The molecule has 0 fully saturated rings. The van der Waals surface area contributed by atoms with Crippen molar-refractivity contribution in [2.24, 2.45) is 0 Å². The average molecular weight is 469 g/mol. The van der Waals surface area contributed by atoms with Crippen LogP contribution in [0.2, 0.25) is 10.0 Å². The topological polar surface area (TPSA) is 94.0 Å². The highest BCUT2D eigenvalue weighted by Gasteiger charge is 2.19. The predicted molar refractivity (Wildman–Crippen MR) is 119 cm³/mol. The van der Waals surface area contributed by atoms with Crippen LogP contribution in [-0.2, 0) is 16.6 Å². The molecule has 3 aromatic rings. The third kappa shape index (κ3) is 5.11. The second-order valence-electron chi connectivity index (χ2n) is 6.95. The van der Waals surface area contributed by atoms with E-state index in [0.717, 1.165) is 18.4 Å². The van der Waals surface area contributed by atoms with Gasteiger partial charge in [0.25, 0.3) is 5.91 Å². The van der Waals surface area contributed by atoms with Crippen LogP contribution in [-0.4, -0.2) is 34.6 Å². The molecule has 0 bridgehead atoms. The lowest BCUT2D eigenvalue weighted by molar-refractivity contribution is 0.0977. The molecule has 0 aliphatic rings. The number of halogens is 2. The molecular formula is C20H22Cl2N4O3S. The van der Waals surface area contributed by atoms with Crippen molar-refractivity contribution in [1.82, 2.24) is 19.3 Å². The number of imidazole rings is 1. The highest BCUT2D eigenvalue weighted by atomic mass is 35.5. The van der Waals surface area contributed by atoms with E-state index in [4.69, 9.17) is 23.2 Å². The Hall–Kier alpha value is -2.16. The number of amides is 1. The van der Waals surface area contributed by atoms with Crippen molar-refractivity contribution >= 4 is 50.3 Å². The number of pyridine rings is 1. The Balaban J connectivity index is 1.89. The number of nitrogens with zero attached hydrogens (tertiary/aromatic N) is 3. The lowest BCUT2D eigenvalue weighted by atomic mass is 10.2. The van der Waals surface area contributed by atoms with E-state index in [2.05, 4.69) is 14.7 Å². The third-order valence-corrected chi connectivity index (χ3v) is 6.82. The molecular weight excluding hydrogens is 447 g/mol. The maximum atomic E-state index is 12.5. The number of hydrogen-bond donors (Lipinski definition) is 1. The van der Waals surface area contributed by atoms with E-state index in [0.29, 0.717) is 40.0 Å². The van der Waals surface area contributed by atoms with Gasteiger partial charge >= 0.3 is 0 Å². The van der Waals surface area contributed by atoms with Gasteiger partial charge in [-0.15, -0.1) is 0 Å². The number of aromatic nitrogens is 3. The molecule has 0 saturated carbocycles. The summed E-state index contributed by atoms with van der Waals surface area (Å²) in [7, 11) is -3.71. The number of unbranched alkanes of at least 4 members (excludes halogenated alkanes) is 2. The molecule has 0 saturated heterocycles. The van der Waals surface area contributed by atoms with Crippen LogP contribution in [0.4, 0.5) is 0 Å². The van der Waals surface area contributed by atoms with Gasteiger partial charge in [-0.05, 0) is 37.1 Å². The van der Waals surface area contributed by atoms with Crippen LogP contribution in [0.15, 0.2) is 30.3 Å². The first-order valence-electron chi connectivity index (χ1n) is 9.53. The molecule has 1 aromatic carbocycles. The number of hydrogen-bond acceptors (Lipinski definition) is 5. The van der Waals surface area contributed by atoms with E-state index in [1.807, 2.05) is 19.9 Å². The number of sulfonamides is 1. The van der Waals surface area contributed by atoms with Crippen LogP contribution in [0, 0.1) is 6.92 Å². The molecule has 0 spiro atoms. The van der Waals surface area contributed by atoms with Crippen LogP contribution in [0.1, 0.15) is 48.1 Å². The van der Waals surface area contributed by atoms with Crippen molar-refractivity contribution < 1.29 is 13.2 Å². The average Bonchev–Trinajstić information content (AvgIpc) is 2.99. The molecule has 10 heteroatoms. The van der Waals surface area contributed by atoms with E-state index in [9.17, 15) is 13.2 Å². The summed E-state index contributed by atoms with van der Waals surface area (Å²) in [5.74, 6) is -0.183. The van der Waals surface area contributed by atoms with Crippen molar-refractivity contribution in [2.45, 2.75) is 39.7 Å². The zero-order valence-electron chi connectivity index (χ0n) is 16.7. The van der Waals surface area contributed by atoms with Crippen molar-refractivity contribution in [2.75, 3.05) is 5.75 Å². The minimum atomic E-state index is -3.71. The Labute approximate surface area is 185 Å². The second-order valence-corrected chi connectivity index (χ2v) is 9.58. The van der Waals surface area contributed by atoms with Crippen molar-refractivity contribution in [3.63, 3.8) is 0 Å². The quantitative estimate of drug-likeness (QED) is 0.496. The van der Waals surface area contributed by atoms with E-state index >= 15 is 0 Å². The summed E-state index contributed by atoms with van der Waals surface area (Å²) in [6, 6.07) is 8.45. The van der Waals surface area contributed by atoms with Gasteiger partial charge < -0.3 is 4.57 Å². The number of benzene rings is 1. The smallest absolute Gasteiger partial charge is 0.283 e. The van der Waals surface area contributed by atoms with Gasteiger partial charge in [-0.1, -0.05) is 55.1 Å². The van der Waals surface area contributed by atoms with Crippen LogP contribution < -0.4 is 4.72 Å². The van der Waals surface area contributed by atoms with Gasteiger partial charge in [0.1, 0.15) is 17.0 Å². The van der Waals surface area contributed by atoms with Gasteiger partial charge in [-0.2, -0.15) is 0 Å². The molecule has 30 heavy (non-hydrogen) atoms. The Morgan fingerprint density at radius 3 is 2.63 bits per heavy atom. The van der Waals surface area contributed by atoms with E-state index in [1.54, 1.807) is 22.8 Å². The first-order chi connectivity index (χ1) is 14.2. The van der Waals surface area contributed by atoms with E-state index < -0.39 is 15.9 Å². The summed E-state index contributed by atoms with van der Waals surface area (Å²) in [4.78, 5) is 21.3. The fourth-order valence-electron chi connectivity index (χ4n) is 3.06. The summed E-state index contributed by atoms with van der Waals surface area (Å²) in [6.45, 7) is 4.15. The van der Waals surface area contributed by atoms with Gasteiger partial charge in [-0.3, -0.25) is 4.79 Å². The molecule has 7 nitrogen and oxygen atoms in total. The fourth-order valence-corrected chi connectivity index (χ4v) is 4.51. The summed E-state index contributed by atoms with van der Waals surface area (Å²) in [5.41, 5.74) is 1.83. The summed E-state index contributed by atoms with van der Waals surface area (Å²) in [5, 5.41) is 0.880. The minimum absolute atomic E-state index is 0.0000856. The maximum absolute atomic E-state index is 12.5. The highest BCUT2D eigenvalue weighted by molar-refractivity contribution is 7.90. The first-order valence-corrected chi connectivity index (χ1v) is 11.9. The Morgan fingerprint density at radius 2 is 1.90 bits per heavy atom. The molecule has 160 valence electrons. The second kappa shape index (κ2) is 9.32. The number of rotatable bonds is 8. The Kier molecular flexibility index (Phi) is 7.00. The van der Waals surface area contributed by atoms with E-state index in [1.165, 1.54) is 6.07 Å². The van der Waals surface area contributed by atoms with Crippen LogP contribution >= 0.6 is 23.2 Å². The molecule has 0 aliphatic heterocycles. The summed E-state index contributed by atoms with van der Waals surface area (Å²) >= 11 is 12.4. The van der Waals surface area contributed by atoms with Gasteiger partial charge in [-0.25, -0.2) is 23.1 Å². The molecule has 0 aliphatic carbocycles. The zero-order valence-corrected chi connectivity index (χ0v) is 19.0. The first kappa shape index (κ1) is 22.5. The zero-order chi connectivity index (χ0) is 21.9. The van der Waals surface area contributed by atoms with Crippen molar-refractivity contribution in [1.29, 1.82) is 0 Å². The van der Waals surface area contributed by atoms with Gasteiger partial charge in [0.15, 0.2) is 5.65 Å². The van der Waals surface area contributed by atoms with Gasteiger partial charge in [0.2, 0.25) is 10.0 Å². The molecule has 2 heterocycles. The van der Waals surface area contributed by atoms with Crippen LogP contribution in [0.25, 0.3) is 11.2 Å². The Morgan fingerprint density at radius 1 is 1.13 bits per heavy atom. The number of carbonyl (C=O) groups excluding carboxylic acids is 1. The molecule has 2 aromatic heterocycles. The predicted octanol–water partition coefficient (Wildman–Crippen LogP) is 4.34. The van der Waals surface area contributed by atoms with Crippen LogP contribution in [0.5, 0.6) is 0 Å². The largest absolute Gasteiger partial charge is 0.308 e. The third-order valence-electron chi connectivity index (χ3n) is 4.64. The SMILES string of the molecule is CCCCCS(=O)(=O)NC(=O)c1ccc2nc(C)n(Cc3cccc(Cl)c3Cl)c2n1. The van der Waals surface area contributed by atoms with E-state index in [-0.39, 0.29) is 11.4 Å². The van der Waals surface area contributed by atoms with Crippen molar-refractivity contribution in [3.8, 4) is 0 Å². The molecule has 1 amide bonds. The number of fused-ring (bicyclic) bond motifs is 1. The lowest BCUT2D eigenvalue weighted by Crippen LogP contribution is -2.33. The highest BCUT2D eigenvalue weighted by Crippen LogP contribution is 2.27. The summed E-state index contributed by atoms with van der Waals surface area (Å²) < 4.78 is 28.2. The molecule has 3 rings (SSSR count). The van der Waals surface area contributed by atoms with Gasteiger partial charge in [0, 0.05) is 0 Å². The number of carbonyl (C=O) groups is 1. The summed E-state index contributed by atoms with van der Waals surface area (Å²) in [6.07, 6.45) is 2.17. The maximum Gasteiger partial charge on any atom is 0.283 e. The normalized spacial score (nSPS) is 11.7. The number of aryl methyl sites for hydroxylation is 1. The molecule has 0 radical (unpaired) electrons. The Bertz CT molecular complexity index is 1190. The standard InChI is InChI=1S/C20H22Cl2N4O3S/c1-3-4-5-11-30(28,29)25-20(27)17-10-9-16-19(24-17)26(13(2)23-16)12-14-7-6-8-15(21)18(14)22/h6-10H,3-5,11-12H2,1-2H3,(H,25,27).